The summed E-state index contributed by atoms with van der Waals surface area (Å²) in [6.45, 7) is 10.7. The molecular formula is C93H133N19O20. The number of aliphatic hydroxyl groups excluding tert-OH is 1. The van der Waals surface area contributed by atoms with Crippen LogP contribution >= 0.6 is 0 Å². The fraction of sp³-hybridized carbons (Fsp3) is 0.581. The van der Waals surface area contributed by atoms with Crippen LogP contribution in [0.25, 0.3) is 21.8 Å². The van der Waals surface area contributed by atoms with Crippen LogP contribution < -0.4 is 65.1 Å². The Labute approximate surface area is 767 Å². The summed E-state index contributed by atoms with van der Waals surface area (Å²) in [5.41, 5.74) is 21.9. The number of aromatic amines is 1. The lowest BCUT2D eigenvalue weighted by atomic mass is 9.97. The van der Waals surface area contributed by atoms with Gasteiger partial charge in [0.15, 0.2) is 0 Å². The van der Waals surface area contributed by atoms with Gasteiger partial charge in [0.2, 0.25) is 88.6 Å². The van der Waals surface area contributed by atoms with Crippen LogP contribution in [-0.2, 0) is 107 Å². The summed E-state index contributed by atoms with van der Waals surface area (Å²) in [5, 5.41) is 57.5. The second-order valence-electron chi connectivity index (χ2n) is 36.1. The minimum atomic E-state index is -1.82. The van der Waals surface area contributed by atoms with Crippen LogP contribution in [0.3, 0.4) is 0 Å². The molecule has 0 saturated carbocycles. The highest BCUT2D eigenvalue weighted by Gasteiger charge is 2.47. The van der Waals surface area contributed by atoms with E-state index in [9.17, 15) is 58.5 Å². The maximum absolute atomic E-state index is 15.9. The molecule has 4 saturated heterocycles. The number of aryl methyl sites for hydroxylation is 1. The predicted molar refractivity (Wildman–Crippen MR) is 487 cm³/mol. The number of primary amides is 1. The first kappa shape index (κ1) is 103. The van der Waals surface area contributed by atoms with Gasteiger partial charge < -0.3 is 114 Å². The van der Waals surface area contributed by atoms with Crippen LogP contribution in [0.5, 0.6) is 0 Å². The number of piperidine rings is 1. The Kier molecular flexibility index (Phi) is 38.1. The van der Waals surface area contributed by atoms with E-state index < -0.39 is 217 Å². The smallest absolute Gasteiger partial charge is 0.323 e. The number of aliphatic hydroxyl groups is 1. The van der Waals surface area contributed by atoms with Gasteiger partial charge in [0.25, 0.3) is 0 Å². The van der Waals surface area contributed by atoms with Crippen molar-refractivity contribution in [2.75, 3.05) is 46.8 Å². The SMILES string of the molecule is CCCC[C@H]1C(=O)N(C)[C@@H](CCCC)C(=O)N[C@@H](CC(C)C)C(=O)N[C@H](C(N)=O)CCCC(=O)N[C@@H](Cc2ccc(C)cc2)C(=O)N2CCCC[C@H]2C(=O)N[C@@H](CC(=O)O)C(=O)N2CCC[C@H]2C(=O)N[C@@H](CN)C(=O)N[C@@H](CC(C)C)C(=O)N2C[C@H](O)C[C@H]2C(=O)N[C@@H](Cc2c[nH]c3ccccc23)C(=O)N[C@@H](CCN)C(=O)N[C@@H](Cc2cn(CC(=O)O)c3ccccc23)C(=O)N1C. The molecule has 9 rings (SSSR count). The van der Waals surface area contributed by atoms with Gasteiger partial charge in [-0.05, 0) is 131 Å². The third-order valence-corrected chi connectivity index (χ3v) is 25.0. The number of unbranched alkanes of at least 4 members (excludes halogenated alkanes) is 2. The summed E-state index contributed by atoms with van der Waals surface area (Å²) < 4.78 is 1.46. The van der Waals surface area contributed by atoms with Gasteiger partial charge in [-0.1, -0.05) is 133 Å². The molecule has 4 fully saturated rings. The average Bonchev–Trinajstić information content (AvgIpc) is 1.63. The fourth-order valence-corrected chi connectivity index (χ4v) is 17.9. The Bertz CT molecular complexity index is 4960. The van der Waals surface area contributed by atoms with Crippen molar-refractivity contribution in [3.8, 4) is 0 Å². The first-order valence-corrected chi connectivity index (χ1v) is 46.0. The van der Waals surface area contributed by atoms with Crippen molar-refractivity contribution in [1.29, 1.82) is 0 Å². The number of rotatable bonds is 24. The molecular weight excluding hydrogens is 1700 g/mol. The molecule has 2 aromatic heterocycles. The Hall–Kier alpha value is -12.4. The van der Waals surface area contributed by atoms with E-state index in [0.29, 0.717) is 77.0 Å². The predicted octanol–water partition coefficient (Wildman–Crippen LogP) is 0.819. The number of fused-ring (bicyclic) bond motifs is 5. The van der Waals surface area contributed by atoms with E-state index in [1.807, 2.05) is 20.8 Å². The number of para-hydroxylation sites is 2. The number of likely N-dealkylation sites (N-methyl/N-ethyl adjacent to an activating group) is 2. The van der Waals surface area contributed by atoms with Gasteiger partial charge in [0, 0.05) is 107 Å². The van der Waals surface area contributed by atoms with Crippen molar-refractivity contribution in [1.82, 2.24) is 81.9 Å². The van der Waals surface area contributed by atoms with Crippen molar-refractivity contribution < 1.29 is 96.8 Å². The zero-order chi connectivity index (χ0) is 96.5. The number of nitrogens with one attached hydrogen (secondary N) is 10. The molecule has 4 aliphatic rings. The van der Waals surface area contributed by atoms with E-state index in [1.165, 1.54) is 34.7 Å². The number of hydrogen-bond donors (Lipinski definition) is 16. The minimum Gasteiger partial charge on any atom is -0.481 e. The van der Waals surface area contributed by atoms with Crippen molar-refractivity contribution >= 4 is 122 Å². The average molecular weight is 1840 g/mol. The maximum Gasteiger partial charge on any atom is 0.323 e. The summed E-state index contributed by atoms with van der Waals surface area (Å²) in [6.07, 6.45) is 1.55. The number of hydrogen-bond acceptors (Lipinski definition) is 20. The Morgan fingerprint density at radius 2 is 1.01 bits per heavy atom. The Morgan fingerprint density at radius 3 is 1.64 bits per heavy atom. The number of aliphatic carboxylic acids is 2. The van der Waals surface area contributed by atoms with Gasteiger partial charge in [-0.15, -0.1) is 0 Å². The molecule has 5 aromatic rings. The lowest BCUT2D eigenvalue weighted by molar-refractivity contribution is -0.149. The standard InChI is InChI=1S/C93H133N19O20/c1-10-12-26-72-85(124)101-64(40-52(3)4)82(121)99-62(80(96)119)25-20-31-77(114)98-67(42-55-34-32-54(7)33-35-55)90(129)110-38-19-18-29-73(110)86(125)105-69(46-78(115)116)91(130)111-39-21-30-74(111)87(126)106-70(47-95)84(123)103-66(41-53(5)6)92(131)112-50-58(113)45-76(112)88(127)102-65(43-56-48-97-61-24-16-14-22-59(56)61)83(122)100-63(36-37-94)81(120)104-68(89(128)108(9)75(27-13-11-2)93(132)107(72)8)44-57-49-109(51-79(117)118)71-28-17-15-23-60(57)71/h14-17,22-24,28,32-35,48-49,52-53,58,62-70,72-76,97,113H,10-13,18-21,25-27,29-31,36-47,50-51,94-95H2,1-9H3,(H2,96,119)(H,98,114)(H,99,121)(H,100,122)(H,101,124)(H,102,127)(H,103,123)(H,104,120)(H,105,125)(H,106,126)(H,115,116)(H,117,118)/t58-,62+,63+,64+,65+,66+,67+,68+,69+,70+,72+,73+,74+,75+,76+/m1/s1. The van der Waals surface area contributed by atoms with Crippen molar-refractivity contribution in [2.24, 2.45) is 29.0 Å². The number of amides is 15. The highest BCUT2D eigenvalue weighted by atomic mass is 16.4. The highest BCUT2D eigenvalue weighted by Crippen LogP contribution is 2.30. The number of H-pyrrole nitrogens is 1. The third-order valence-electron chi connectivity index (χ3n) is 25.0. The van der Waals surface area contributed by atoms with Gasteiger partial charge in [-0.25, -0.2) is 0 Å². The number of carbonyl (C=O) groups excluding carboxylic acids is 15. The van der Waals surface area contributed by atoms with Gasteiger partial charge in [0.1, 0.15) is 91.1 Å². The summed E-state index contributed by atoms with van der Waals surface area (Å²) >= 11 is 0. The first-order chi connectivity index (χ1) is 62.8. The van der Waals surface area contributed by atoms with Crippen LogP contribution in [0.4, 0.5) is 0 Å². The third kappa shape index (κ3) is 27.6. The topological polar surface area (TPSA) is 574 Å². The molecule has 0 bridgehead atoms. The molecule has 15 amide bonds. The molecule has 0 spiro atoms. The van der Waals surface area contributed by atoms with Crippen LogP contribution in [0.1, 0.15) is 186 Å². The zero-order valence-corrected chi connectivity index (χ0v) is 76.9. The van der Waals surface area contributed by atoms with E-state index in [1.54, 1.807) is 107 Å². The molecule has 39 heteroatoms. The van der Waals surface area contributed by atoms with E-state index in [2.05, 4.69) is 52.8 Å². The van der Waals surface area contributed by atoms with E-state index in [0.717, 1.165) is 20.3 Å². The molecule has 0 radical (unpaired) electrons. The molecule has 15 atom stereocenters. The van der Waals surface area contributed by atoms with Gasteiger partial charge in [-0.3, -0.25) is 81.5 Å². The molecule has 4 aliphatic heterocycles. The molecule has 132 heavy (non-hydrogen) atoms. The highest BCUT2D eigenvalue weighted by molar-refractivity contribution is 6.02. The zero-order valence-electron chi connectivity index (χ0n) is 76.9. The molecule has 3 aromatic carbocycles. The van der Waals surface area contributed by atoms with Crippen LogP contribution in [0, 0.1) is 18.8 Å². The molecule has 6 heterocycles. The van der Waals surface area contributed by atoms with Gasteiger partial charge >= 0.3 is 11.9 Å². The largest absolute Gasteiger partial charge is 0.481 e. The van der Waals surface area contributed by atoms with Crippen molar-refractivity contribution in [3.05, 3.63) is 107 Å². The lowest BCUT2D eigenvalue weighted by Gasteiger charge is -2.38. The summed E-state index contributed by atoms with van der Waals surface area (Å²) in [4.78, 5) is 259. The fourth-order valence-electron chi connectivity index (χ4n) is 17.9. The lowest BCUT2D eigenvalue weighted by Crippen LogP contribution is -2.62. The normalized spacial score (nSPS) is 25.7. The molecule has 0 unspecified atom stereocenters. The number of nitrogens with two attached hydrogens (primary N) is 3. The number of carboxylic acid groups (broad SMARTS) is 2. The van der Waals surface area contributed by atoms with Crippen molar-refractivity contribution in [2.45, 2.75) is 287 Å². The molecule has 720 valence electrons. The number of carbonyl (C=O) groups is 17. The number of benzene rings is 3. The van der Waals surface area contributed by atoms with Crippen LogP contribution in [0.2, 0.25) is 0 Å². The molecule has 0 aliphatic carbocycles. The minimum absolute atomic E-state index is 0.00279. The van der Waals surface area contributed by atoms with E-state index in [4.69, 9.17) is 17.2 Å². The molecule has 19 N–H and O–H groups in total. The van der Waals surface area contributed by atoms with Gasteiger partial charge in [0.05, 0.1) is 12.5 Å². The quantitative estimate of drug-likeness (QED) is 0.0407. The van der Waals surface area contributed by atoms with Gasteiger partial charge in [-0.2, -0.15) is 0 Å². The maximum atomic E-state index is 15.9. The first-order valence-electron chi connectivity index (χ1n) is 46.0. The van der Waals surface area contributed by atoms with E-state index in [-0.39, 0.29) is 128 Å². The van der Waals surface area contributed by atoms with Crippen LogP contribution in [0.15, 0.2) is 85.2 Å². The Balaban J connectivity index is 1.09. The van der Waals surface area contributed by atoms with Crippen LogP contribution in [-0.4, -0.2) is 287 Å². The summed E-state index contributed by atoms with van der Waals surface area (Å²) in [7, 11) is 2.75. The number of nitrogens with zero attached hydrogens (tertiary/aromatic N) is 6. The Morgan fingerprint density at radius 1 is 0.485 bits per heavy atom. The second kappa shape index (κ2) is 48.7. The summed E-state index contributed by atoms with van der Waals surface area (Å²) in [5.74, 6) is -16.4. The molecule has 39 nitrogen and oxygen atoms in total. The summed E-state index contributed by atoms with van der Waals surface area (Å²) in [6, 6.07) is 0.210. The number of aromatic nitrogens is 2. The van der Waals surface area contributed by atoms with E-state index >= 15 is 38.4 Å². The second-order valence-corrected chi connectivity index (χ2v) is 36.1. The van der Waals surface area contributed by atoms with Crippen molar-refractivity contribution in [3.63, 3.8) is 0 Å². The monoisotopic (exact) mass is 1840 g/mol. The number of carboxylic acids is 2.